The number of methoxy groups -OCH3 is 1. The fourth-order valence-corrected chi connectivity index (χ4v) is 1.79. The Morgan fingerprint density at radius 1 is 1.62 bits per heavy atom. The lowest BCUT2D eigenvalue weighted by Crippen LogP contribution is -2.43. The van der Waals surface area contributed by atoms with Crippen molar-refractivity contribution in [3.8, 4) is 0 Å². The van der Waals surface area contributed by atoms with Crippen molar-refractivity contribution >= 4 is 11.8 Å². The van der Waals surface area contributed by atoms with E-state index in [0.717, 1.165) is 4.90 Å². The minimum Gasteiger partial charge on any atom is -0.389 e. The molecule has 0 spiro atoms. The van der Waals surface area contributed by atoms with Gasteiger partial charge in [0.15, 0.2) is 0 Å². The zero-order chi connectivity index (χ0) is 12.3. The fraction of sp³-hybridized carbons (Fsp3) is 0.800. The van der Waals surface area contributed by atoms with Crippen molar-refractivity contribution < 1.29 is 19.4 Å². The van der Waals surface area contributed by atoms with Gasteiger partial charge in [-0.15, -0.1) is 0 Å². The van der Waals surface area contributed by atoms with Gasteiger partial charge in [-0.3, -0.25) is 19.4 Å². The first-order valence-electron chi connectivity index (χ1n) is 5.15. The van der Waals surface area contributed by atoms with Gasteiger partial charge < -0.3 is 9.84 Å². The highest BCUT2D eigenvalue weighted by Gasteiger charge is 2.38. The Morgan fingerprint density at radius 3 is 2.69 bits per heavy atom. The third-order valence-electron chi connectivity index (χ3n) is 2.75. The van der Waals surface area contributed by atoms with E-state index in [1.807, 2.05) is 0 Å². The van der Waals surface area contributed by atoms with Gasteiger partial charge in [-0.05, 0) is 7.05 Å². The van der Waals surface area contributed by atoms with Crippen molar-refractivity contribution in [1.29, 1.82) is 0 Å². The van der Waals surface area contributed by atoms with Gasteiger partial charge in [0.25, 0.3) is 0 Å². The van der Waals surface area contributed by atoms with Gasteiger partial charge >= 0.3 is 0 Å². The normalized spacial score (nSPS) is 23.3. The lowest BCUT2D eigenvalue weighted by atomic mass is 10.2. The van der Waals surface area contributed by atoms with Crippen molar-refractivity contribution in [2.24, 2.45) is 0 Å². The first-order valence-corrected chi connectivity index (χ1v) is 5.15. The summed E-state index contributed by atoms with van der Waals surface area (Å²) in [4.78, 5) is 25.8. The number of carbonyl (C=O) groups is 2. The van der Waals surface area contributed by atoms with Crippen molar-refractivity contribution in [2.45, 2.75) is 18.6 Å². The van der Waals surface area contributed by atoms with E-state index < -0.39 is 12.1 Å². The summed E-state index contributed by atoms with van der Waals surface area (Å²) < 4.78 is 4.80. The Balaban J connectivity index is 2.52. The topological polar surface area (TPSA) is 70.1 Å². The molecule has 0 aromatic heterocycles. The minimum absolute atomic E-state index is 0.178. The van der Waals surface area contributed by atoms with Gasteiger partial charge in [0.05, 0.1) is 25.2 Å². The SMILES string of the molecule is COCC(O)CN(C)C1CC(=O)N(C)C1=O. The molecule has 2 unspecified atom stereocenters. The number of hydrogen-bond acceptors (Lipinski definition) is 5. The molecule has 1 aliphatic rings. The van der Waals surface area contributed by atoms with Crippen molar-refractivity contribution in [2.75, 3.05) is 34.4 Å². The highest BCUT2D eigenvalue weighted by atomic mass is 16.5. The van der Waals surface area contributed by atoms with E-state index in [9.17, 15) is 14.7 Å². The van der Waals surface area contributed by atoms with Crippen molar-refractivity contribution in [1.82, 2.24) is 9.80 Å². The van der Waals surface area contributed by atoms with Crippen LogP contribution in [0.2, 0.25) is 0 Å². The molecule has 0 saturated carbocycles. The quantitative estimate of drug-likeness (QED) is 0.593. The summed E-state index contributed by atoms with van der Waals surface area (Å²) in [6, 6.07) is -0.455. The van der Waals surface area contributed by atoms with Crippen LogP contribution in [0.25, 0.3) is 0 Å². The summed E-state index contributed by atoms with van der Waals surface area (Å²) >= 11 is 0. The third kappa shape index (κ3) is 2.78. The van der Waals surface area contributed by atoms with E-state index in [2.05, 4.69) is 0 Å². The molecule has 1 rings (SSSR count). The molecule has 1 fully saturated rings. The Bertz CT molecular complexity index is 282. The van der Waals surface area contributed by atoms with E-state index in [1.54, 1.807) is 11.9 Å². The first-order chi connectivity index (χ1) is 7.47. The summed E-state index contributed by atoms with van der Waals surface area (Å²) in [6.45, 7) is 0.528. The molecule has 6 nitrogen and oxygen atoms in total. The second kappa shape index (κ2) is 5.38. The van der Waals surface area contributed by atoms with Crippen LogP contribution in [0.3, 0.4) is 0 Å². The molecule has 0 radical (unpaired) electrons. The lowest BCUT2D eigenvalue weighted by molar-refractivity contribution is -0.138. The van der Waals surface area contributed by atoms with Gasteiger partial charge in [0.2, 0.25) is 11.8 Å². The molecular formula is C10H18N2O4. The van der Waals surface area contributed by atoms with Crippen molar-refractivity contribution in [3.05, 3.63) is 0 Å². The van der Waals surface area contributed by atoms with Crippen LogP contribution in [0.15, 0.2) is 0 Å². The standard InChI is InChI=1S/C10H18N2O4/c1-11(5-7(13)6-16-3)8-4-9(14)12(2)10(8)15/h7-8,13H,4-6H2,1-3H3. The highest BCUT2D eigenvalue weighted by molar-refractivity contribution is 6.05. The second-order valence-corrected chi connectivity index (χ2v) is 4.06. The number of aliphatic hydroxyl groups is 1. The number of imide groups is 1. The first kappa shape index (κ1) is 13.1. The zero-order valence-electron chi connectivity index (χ0n) is 9.84. The molecule has 1 heterocycles. The Hall–Kier alpha value is -0.980. The van der Waals surface area contributed by atoms with Crippen LogP contribution < -0.4 is 0 Å². The second-order valence-electron chi connectivity index (χ2n) is 4.06. The summed E-state index contributed by atoms with van der Waals surface area (Å²) in [7, 11) is 4.69. The van der Waals surface area contributed by atoms with Crippen LogP contribution in [-0.2, 0) is 14.3 Å². The van der Waals surface area contributed by atoms with Gasteiger partial charge in [-0.25, -0.2) is 0 Å². The van der Waals surface area contributed by atoms with Crippen LogP contribution in [0, 0.1) is 0 Å². The maximum atomic E-state index is 11.6. The van der Waals surface area contributed by atoms with E-state index in [-0.39, 0.29) is 24.8 Å². The summed E-state index contributed by atoms with van der Waals surface area (Å²) in [6.07, 6.45) is -0.463. The van der Waals surface area contributed by atoms with Crippen LogP contribution in [0.5, 0.6) is 0 Å². The highest BCUT2D eigenvalue weighted by Crippen LogP contribution is 2.15. The van der Waals surface area contributed by atoms with E-state index in [0.29, 0.717) is 6.54 Å². The largest absolute Gasteiger partial charge is 0.389 e. The Kier molecular flexibility index (Phi) is 4.40. The number of nitrogens with zero attached hydrogens (tertiary/aromatic N) is 2. The smallest absolute Gasteiger partial charge is 0.246 e. The molecule has 1 N–H and O–H groups in total. The van der Waals surface area contributed by atoms with Crippen LogP contribution in [-0.4, -0.2) is 73.2 Å². The molecule has 92 valence electrons. The molecule has 0 aromatic carbocycles. The van der Waals surface area contributed by atoms with Crippen LogP contribution >= 0.6 is 0 Å². The molecule has 2 atom stereocenters. The van der Waals surface area contributed by atoms with Gasteiger partial charge in [0.1, 0.15) is 0 Å². The van der Waals surface area contributed by atoms with E-state index in [4.69, 9.17) is 4.74 Å². The zero-order valence-corrected chi connectivity index (χ0v) is 9.84. The average Bonchev–Trinajstić information content (AvgIpc) is 2.46. The monoisotopic (exact) mass is 230 g/mol. The molecule has 0 aromatic rings. The maximum Gasteiger partial charge on any atom is 0.246 e. The number of ether oxygens (including phenoxy) is 1. The predicted octanol–water partition coefficient (Wildman–Crippen LogP) is -1.32. The molecular weight excluding hydrogens is 212 g/mol. The third-order valence-corrected chi connectivity index (χ3v) is 2.75. The molecule has 0 aliphatic carbocycles. The number of hydrogen-bond donors (Lipinski definition) is 1. The van der Waals surface area contributed by atoms with Gasteiger partial charge in [-0.2, -0.15) is 0 Å². The van der Waals surface area contributed by atoms with E-state index in [1.165, 1.54) is 14.2 Å². The summed E-state index contributed by atoms with van der Waals surface area (Å²) in [5.74, 6) is -0.389. The number of rotatable bonds is 5. The molecule has 2 amide bonds. The Morgan fingerprint density at radius 2 is 2.25 bits per heavy atom. The van der Waals surface area contributed by atoms with Crippen LogP contribution in [0.1, 0.15) is 6.42 Å². The van der Waals surface area contributed by atoms with E-state index >= 15 is 0 Å². The number of likely N-dealkylation sites (tertiary alicyclic amines) is 1. The number of likely N-dealkylation sites (N-methyl/N-ethyl adjacent to an activating group) is 2. The molecule has 16 heavy (non-hydrogen) atoms. The fourth-order valence-electron chi connectivity index (χ4n) is 1.79. The summed E-state index contributed by atoms with van der Waals surface area (Å²) in [5, 5.41) is 9.52. The molecule has 1 aliphatic heterocycles. The van der Waals surface area contributed by atoms with Crippen molar-refractivity contribution in [3.63, 3.8) is 0 Å². The molecule has 6 heteroatoms. The average molecular weight is 230 g/mol. The predicted molar refractivity (Wildman–Crippen MR) is 56.7 cm³/mol. The van der Waals surface area contributed by atoms with Crippen LogP contribution in [0.4, 0.5) is 0 Å². The lowest BCUT2D eigenvalue weighted by Gasteiger charge is -2.24. The van der Waals surface area contributed by atoms with Gasteiger partial charge in [0, 0.05) is 20.7 Å². The molecule has 0 bridgehead atoms. The summed E-state index contributed by atoms with van der Waals surface area (Å²) in [5.41, 5.74) is 0. The molecule has 1 saturated heterocycles. The minimum atomic E-state index is -0.649. The maximum absolute atomic E-state index is 11.6. The number of carbonyl (C=O) groups excluding carboxylic acids is 2. The number of amides is 2. The Labute approximate surface area is 94.8 Å². The van der Waals surface area contributed by atoms with Gasteiger partial charge in [-0.1, -0.05) is 0 Å². The number of aliphatic hydroxyl groups excluding tert-OH is 1.